The second-order valence-electron chi connectivity index (χ2n) is 4.72. The molecule has 0 heterocycles. The highest BCUT2D eigenvalue weighted by Gasteiger charge is 2.13. The van der Waals surface area contributed by atoms with E-state index in [-0.39, 0.29) is 12.3 Å². The van der Waals surface area contributed by atoms with E-state index in [4.69, 9.17) is 16.3 Å². The molecule has 23 heavy (non-hydrogen) atoms. The summed E-state index contributed by atoms with van der Waals surface area (Å²) in [5.41, 5.74) is 1.43. The van der Waals surface area contributed by atoms with Crippen molar-refractivity contribution in [1.82, 2.24) is 0 Å². The molecule has 0 bridgehead atoms. The number of methoxy groups -OCH3 is 2. The van der Waals surface area contributed by atoms with E-state index in [0.717, 1.165) is 5.56 Å². The molecule has 2 rings (SSSR count). The number of hydrogen-bond donors (Lipinski definition) is 1. The maximum Gasteiger partial charge on any atom is 0.337 e. The van der Waals surface area contributed by atoms with E-state index < -0.39 is 5.97 Å². The van der Waals surface area contributed by atoms with Crippen LogP contribution in [0, 0.1) is 0 Å². The van der Waals surface area contributed by atoms with Gasteiger partial charge in [0.05, 0.1) is 31.9 Å². The first kappa shape index (κ1) is 16.8. The molecule has 0 fully saturated rings. The predicted octanol–water partition coefficient (Wildman–Crippen LogP) is 3.32. The number of hydrogen-bond acceptors (Lipinski definition) is 4. The smallest absolute Gasteiger partial charge is 0.337 e. The van der Waals surface area contributed by atoms with E-state index in [0.29, 0.717) is 22.0 Å². The van der Waals surface area contributed by atoms with Crippen LogP contribution in [-0.4, -0.2) is 26.1 Å². The van der Waals surface area contributed by atoms with E-state index >= 15 is 0 Å². The fourth-order valence-electron chi connectivity index (χ4n) is 2.06. The summed E-state index contributed by atoms with van der Waals surface area (Å²) in [7, 11) is 2.78. The molecule has 0 spiro atoms. The quantitative estimate of drug-likeness (QED) is 0.852. The van der Waals surface area contributed by atoms with Gasteiger partial charge in [0, 0.05) is 5.02 Å². The zero-order valence-electron chi connectivity index (χ0n) is 12.8. The van der Waals surface area contributed by atoms with Crippen molar-refractivity contribution in [3.05, 3.63) is 58.6 Å². The number of anilines is 1. The molecule has 0 aliphatic heterocycles. The minimum atomic E-state index is -0.491. The van der Waals surface area contributed by atoms with Gasteiger partial charge < -0.3 is 14.8 Å². The van der Waals surface area contributed by atoms with Gasteiger partial charge in [-0.2, -0.15) is 0 Å². The van der Waals surface area contributed by atoms with Gasteiger partial charge in [0.15, 0.2) is 0 Å². The molecule has 2 aromatic carbocycles. The summed E-state index contributed by atoms with van der Waals surface area (Å²) in [6.45, 7) is 0. The topological polar surface area (TPSA) is 64.6 Å². The summed E-state index contributed by atoms with van der Waals surface area (Å²) in [6.07, 6.45) is 0.116. The van der Waals surface area contributed by atoms with E-state index in [1.54, 1.807) is 30.3 Å². The molecule has 1 amide bonds. The Bertz CT molecular complexity index is 730. The lowest BCUT2D eigenvalue weighted by Gasteiger charge is -2.12. The zero-order chi connectivity index (χ0) is 16.8. The Balaban J connectivity index is 2.19. The van der Waals surface area contributed by atoms with Crippen molar-refractivity contribution in [3.8, 4) is 5.75 Å². The van der Waals surface area contributed by atoms with Crippen LogP contribution in [0.15, 0.2) is 42.5 Å². The summed E-state index contributed by atoms with van der Waals surface area (Å²) >= 11 is 6.05. The third kappa shape index (κ3) is 4.23. The Hall–Kier alpha value is -2.53. The van der Waals surface area contributed by atoms with Gasteiger partial charge in [-0.3, -0.25) is 4.79 Å². The van der Waals surface area contributed by atoms with Crippen LogP contribution in [0.5, 0.6) is 5.75 Å². The molecule has 0 saturated heterocycles. The summed E-state index contributed by atoms with van der Waals surface area (Å²) < 4.78 is 9.87. The second kappa shape index (κ2) is 7.65. The molecule has 5 nitrogen and oxygen atoms in total. The summed E-state index contributed by atoms with van der Waals surface area (Å²) in [5, 5.41) is 3.25. The van der Waals surface area contributed by atoms with Crippen molar-refractivity contribution in [2.45, 2.75) is 6.42 Å². The fraction of sp³-hybridized carbons (Fsp3) is 0.176. The molecule has 0 saturated carbocycles. The molecule has 0 aromatic heterocycles. The van der Waals surface area contributed by atoms with E-state index in [2.05, 4.69) is 10.1 Å². The average Bonchev–Trinajstić information content (AvgIpc) is 2.56. The maximum atomic E-state index is 12.2. The van der Waals surface area contributed by atoms with Crippen molar-refractivity contribution >= 4 is 29.2 Å². The van der Waals surface area contributed by atoms with Crippen molar-refractivity contribution in [2.75, 3.05) is 19.5 Å². The highest BCUT2D eigenvalue weighted by atomic mass is 35.5. The summed E-state index contributed by atoms with van der Waals surface area (Å²) in [6, 6.07) is 11.8. The number of amides is 1. The van der Waals surface area contributed by atoms with Crippen molar-refractivity contribution in [1.29, 1.82) is 0 Å². The van der Waals surface area contributed by atoms with Crippen LogP contribution in [0.4, 0.5) is 5.69 Å². The lowest BCUT2D eigenvalue weighted by Crippen LogP contribution is -2.16. The number of esters is 1. The number of benzene rings is 2. The molecule has 2 aromatic rings. The zero-order valence-corrected chi connectivity index (χ0v) is 13.5. The first-order valence-electron chi connectivity index (χ1n) is 6.84. The van der Waals surface area contributed by atoms with E-state index in [9.17, 15) is 9.59 Å². The first-order chi connectivity index (χ1) is 11.0. The third-order valence-electron chi connectivity index (χ3n) is 3.20. The molecule has 0 aliphatic rings. The molecule has 0 aliphatic carbocycles. The Morgan fingerprint density at radius 3 is 2.52 bits per heavy atom. The standard InChI is InChI=1S/C17H16ClNO4/c1-22-15-8-7-12(17(21)23-2)9-14(15)19-16(20)10-11-5-3-4-6-13(11)18/h3-9H,10H2,1-2H3,(H,19,20). The third-order valence-corrected chi connectivity index (χ3v) is 3.57. The lowest BCUT2D eigenvalue weighted by molar-refractivity contribution is -0.115. The van der Waals surface area contributed by atoms with Crippen LogP contribution >= 0.6 is 11.6 Å². The molecule has 0 unspecified atom stereocenters. The minimum absolute atomic E-state index is 0.116. The molecule has 1 N–H and O–H groups in total. The molecule has 6 heteroatoms. The Morgan fingerprint density at radius 2 is 1.87 bits per heavy atom. The molecule has 0 atom stereocenters. The maximum absolute atomic E-state index is 12.2. The van der Waals surface area contributed by atoms with Gasteiger partial charge >= 0.3 is 5.97 Å². The van der Waals surface area contributed by atoms with Crippen molar-refractivity contribution < 1.29 is 19.1 Å². The number of rotatable bonds is 5. The highest BCUT2D eigenvalue weighted by Crippen LogP contribution is 2.26. The highest BCUT2D eigenvalue weighted by molar-refractivity contribution is 6.31. The summed E-state index contributed by atoms with van der Waals surface area (Å²) in [4.78, 5) is 23.8. The minimum Gasteiger partial charge on any atom is -0.495 e. The Labute approximate surface area is 139 Å². The van der Waals surface area contributed by atoms with Gasteiger partial charge in [-0.05, 0) is 29.8 Å². The van der Waals surface area contributed by atoms with Gasteiger partial charge in [-0.25, -0.2) is 4.79 Å². The van der Waals surface area contributed by atoms with Crippen LogP contribution < -0.4 is 10.1 Å². The van der Waals surface area contributed by atoms with E-state index in [1.165, 1.54) is 20.3 Å². The van der Waals surface area contributed by atoms with Gasteiger partial charge in [0.1, 0.15) is 5.75 Å². The van der Waals surface area contributed by atoms with E-state index in [1.807, 2.05) is 6.07 Å². The van der Waals surface area contributed by atoms with Gasteiger partial charge in [-0.1, -0.05) is 29.8 Å². The van der Waals surface area contributed by atoms with Crippen molar-refractivity contribution in [2.24, 2.45) is 0 Å². The SMILES string of the molecule is COC(=O)c1ccc(OC)c(NC(=O)Cc2ccccc2Cl)c1. The number of halogens is 1. The van der Waals surface area contributed by atoms with Crippen LogP contribution in [0.25, 0.3) is 0 Å². The van der Waals surface area contributed by atoms with Crippen LogP contribution in [-0.2, 0) is 16.0 Å². The number of nitrogens with one attached hydrogen (secondary N) is 1. The fourth-order valence-corrected chi connectivity index (χ4v) is 2.26. The molecular weight excluding hydrogens is 318 g/mol. The monoisotopic (exact) mass is 333 g/mol. The predicted molar refractivity (Wildman–Crippen MR) is 88.1 cm³/mol. The largest absolute Gasteiger partial charge is 0.495 e. The number of carbonyl (C=O) groups excluding carboxylic acids is 2. The van der Waals surface area contributed by atoms with Crippen LogP contribution in [0.2, 0.25) is 5.02 Å². The average molecular weight is 334 g/mol. The molecule has 0 radical (unpaired) electrons. The normalized spacial score (nSPS) is 10.0. The van der Waals surface area contributed by atoms with Gasteiger partial charge in [0.2, 0.25) is 5.91 Å². The van der Waals surface area contributed by atoms with Crippen LogP contribution in [0.3, 0.4) is 0 Å². The van der Waals surface area contributed by atoms with Crippen LogP contribution in [0.1, 0.15) is 15.9 Å². The first-order valence-corrected chi connectivity index (χ1v) is 7.22. The number of ether oxygens (including phenoxy) is 2. The Morgan fingerprint density at radius 1 is 1.13 bits per heavy atom. The van der Waals surface area contributed by atoms with Gasteiger partial charge in [0.25, 0.3) is 0 Å². The Kier molecular flexibility index (Phi) is 5.60. The molecular formula is C17H16ClNO4. The second-order valence-corrected chi connectivity index (χ2v) is 5.13. The summed E-state index contributed by atoms with van der Waals surface area (Å²) in [5.74, 6) is -0.308. The van der Waals surface area contributed by atoms with Crippen molar-refractivity contribution in [3.63, 3.8) is 0 Å². The lowest BCUT2D eigenvalue weighted by atomic mass is 10.1. The molecule has 120 valence electrons. The van der Waals surface area contributed by atoms with Gasteiger partial charge in [-0.15, -0.1) is 0 Å². The number of carbonyl (C=O) groups is 2.